The molecular formula is C12H18O. The quantitative estimate of drug-likeness (QED) is 0.553. The number of hydrogen-bond acceptors (Lipinski definition) is 1. The van der Waals surface area contributed by atoms with Crippen LogP contribution in [0.1, 0.15) is 45.4 Å². The Balaban J connectivity index is 1.95. The maximum absolute atomic E-state index is 6.14. The highest BCUT2D eigenvalue weighted by Crippen LogP contribution is 2.54. The van der Waals surface area contributed by atoms with Gasteiger partial charge in [-0.2, -0.15) is 0 Å². The SMILES string of the molecule is CC12CCCC1C1CCCC=C1O2. The molecule has 0 bridgehead atoms. The first-order chi connectivity index (χ1) is 6.30. The summed E-state index contributed by atoms with van der Waals surface area (Å²) in [6.07, 6.45) is 10.4. The second-order valence-electron chi connectivity index (χ2n) is 5.06. The molecule has 1 saturated carbocycles. The molecular weight excluding hydrogens is 160 g/mol. The van der Waals surface area contributed by atoms with Gasteiger partial charge in [-0.3, -0.25) is 0 Å². The van der Waals surface area contributed by atoms with Crippen LogP contribution in [0.5, 0.6) is 0 Å². The van der Waals surface area contributed by atoms with E-state index < -0.39 is 0 Å². The topological polar surface area (TPSA) is 9.23 Å². The number of hydrogen-bond donors (Lipinski definition) is 0. The van der Waals surface area contributed by atoms with Crippen LogP contribution in [-0.4, -0.2) is 5.60 Å². The third kappa shape index (κ3) is 0.992. The summed E-state index contributed by atoms with van der Waals surface area (Å²) in [6.45, 7) is 2.32. The molecule has 1 saturated heterocycles. The predicted molar refractivity (Wildman–Crippen MR) is 52.3 cm³/mol. The van der Waals surface area contributed by atoms with Crippen molar-refractivity contribution in [3.8, 4) is 0 Å². The van der Waals surface area contributed by atoms with Gasteiger partial charge >= 0.3 is 0 Å². The van der Waals surface area contributed by atoms with Gasteiger partial charge in [0, 0.05) is 11.8 Å². The summed E-state index contributed by atoms with van der Waals surface area (Å²) < 4.78 is 6.14. The fraction of sp³-hybridized carbons (Fsp3) is 0.833. The smallest absolute Gasteiger partial charge is 0.109 e. The summed E-state index contributed by atoms with van der Waals surface area (Å²) in [5.41, 5.74) is 0.223. The molecule has 0 aromatic carbocycles. The average Bonchev–Trinajstić information content (AvgIpc) is 2.58. The summed E-state index contributed by atoms with van der Waals surface area (Å²) in [7, 11) is 0. The van der Waals surface area contributed by atoms with Crippen LogP contribution in [0.15, 0.2) is 11.8 Å². The molecule has 0 radical (unpaired) electrons. The molecule has 1 heteroatoms. The summed E-state index contributed by atoms with van der Waals surface area (Å²) in [5.74, 6) is 2.98. The lowest BCUT2D eigenvalue weighted by Crippen LogP contribution is -2.27. The number of allylic oxidation sites excluding steroid dienone is 2. The minimum atomic E-state index is 0.223. The molecule has 3 rings (SSSR count). The Bertz CT molecular complexity index is 256. The zero-order chi connectivity index (χ0) is 8.89. The van der Waals surface area contributed by atoms with Crippen molar-refractivity contribution in [2.45, 2.75) is 51.0 Å². The van der Waals surface area contributed by atoms with E-state index in [2.05, 4.69) is 13.0 Å². The van der Waals surface area contributed by atoms with Crippen molar-refractivity contribution in [3.05, 3.63) is 11.8 Å². The lowest BCUT2D eigenvalue weighted by atomic mass is 9.79. The van der Waals surface area contributed by atoms with E-state index >= 15 is 0 Å². The van der Waals surface area contributed by atoms with Crippen molar-refractivity contribution in [2.75, 3.05) is 0 Å². The molecule has 72 valence electrons. The van der Waals surface area contributed by atoms with E-state index in [1.54, 1.807) is 0 Å². The maximum Gasteiger partial charge on any atom is 0.109 e. The zero-order valence-corrected chi connectivity index (χ0v) is 8.38. The normalized spacial score (nSPS) is 47.9. The van der Waals surface area contributed by atoms with E-state index in [9.17, 15) is 0 Å². The van der Waals surface area contributed by atoms with Crippen molar-refractivity contribution in [2.24, 2.45) is 11.8 Å². The predicted octanol–water partition coefficient (Wildman–Crippen LogP) is 3.26. The Morgan fingerprint density at radius 3 is 3.23 bits per heavy atom. The molecule has 2 fully saturated rings. The van der Waals surface area contributed by atoms with Gasteiger partial charge in [0.05, 0.1) is 5.76 Å². The molecule has 1 heterocycles. The van der Waals surface area contributed by atoms with Gasteiger partial charge < -0.3 is 4.74 Å². The summed E-state index contributed by atoms with van der Waals surface area (Å²) in [5, 5.41) is 0. The van der Waals surface area contributed by atoms with Crippen LogP contribution in [0.25, 0.3) is 0 Å². The van der Waals surface area contributed by atoms with Crippen molar-refractivity contribution in [3.63, 3.8) is 0 Å². The van der Waals surface area contributed by atoms with Gasteiger partial charge in [0.15, 0.2) is 0 Å². The molecule has 0 N–H and O–H groups in total. The van der Waals surface area contributed by atoms with Gasteiger partial charge in [0.1, 0.15) is 5.60 Å². The van der Waals surface area contributed by atoms with Crippen molar-refractivity contribution in [1.29, 1.82) is 0 Å². The van der Waals surface area contributed by atoms with Crippen molar-refractivity contribution in [1.82, 2.24) is 0 Å². The minimum Gasteiger partial charge on any atom is -0.492 e. The van der Waals surface area contributed by atoms with Crippen LogP contribution < -0.4 is 0 Å². The zero-order valence-electron chi connectivity index (χ0n) is 8.38. The first kappa shape index (κ1) is 7.90. The molecule has 0 aromatic heterocycles. The van der Waals surface area contributed by atoms with E-state index in [0.717, 1.165) is 11.8 Å². The Kier molecular flexibility index (Phi) is 1.53. The van der Waals surface area contributed by atoms with Crippen LogP contribution in [0.2, 0.25) is 0 Å². The van der Waals surface area contributed by atoms with Crippen LogP contribution in [0, 0.1) is 11.8 Å². The summed E-state index contributed by atoms with van der Waals surface area (Å²) in [4.78, 5) is 0. The van der Waals surface area contributed by atoms with Gasteiger partial charge in [-0.25, -0.2) is 0 Å². The summed E-state index contributed by atoms with van der Waals surface area (Å²) in [6, 6.07) is 0. The molecule has 3 aliphatic rings. The van der Waals surface area contributed by atoms with E-state index in [1.807, 2.05) is 0 Å². The maximum atomic E-state index is 6.14. The Morgan fingerprint density at radius 1 is 1.38 bits per heavy atom. The Hall–Kier alpha value is -0.460. The van der Waals surface area contributed by atoms with E-state index in [-0.39, 0.29) is 5.60 Å². The molecule has 3 atom stereocenters. The van der Waals surface area contributed by atoms with Crippen LogP contribution in [0.4, 0.5) is 0 Å². The van der Waals surface area contributed by atoms with Crippen LogP contribution in [-0.2, 0) is 4.74 Å². The van der Waals surface area contributed by atoms with Crippen LogP contribution >= 0.6 is 0 Å². The third-order valence-corrected chi connectivity index (χ3v) is 4.24. The minimum absolute atomic E-state index is 0.223. The lowest BCUT2D eigenvalue weighted by Gasteiger charge is -2.23. The molecule has 1 nitrogen and oxygen atoms in total. The molecule has 13 heavy (non-hydrogen) atoms. The van der Waals surface area contributed by atoms with Crippen molar-refractivity contribution >= 4 is 0 Å². The highest BCUT2D eigenvalue weighted by molar-refractivity contribution is 5.16. The highest BCUT2D eigenvalue weighted by atomic mass is 16.5. The van der Waals surface area contributed by atoms with Crippen molar-refractivity contribution < 1.29 is 4.74 Å². The number of ether oxygens (including phenoxy) is 1. The lowest BCUT2D eigenvalue weighted by molar-refractivity contribution is 0.0409. The molecule has 2 aliphatic carbocycles. The molecule has 3 unspecified atom stereocenters. The second kappa shape index (κ2) is 2.52. The molecule has 0 amide bonds. The Labute approximate surface area is 80.2 Å². The molecule has 0 spiro atoms. The second-order valence-corrected chi connectivity index (χ2v) is 5.06. The van der Waals surface area contributed by atoms with Gasteiger partial charge in [-0.05, 0) is 51.5 Å². The van der Waals surface area contributed by atoms with Gasteiger partial charge in [-0.1, -0.05) is 0 Å². The molecule has 1 aliphatic heterocycles. The highest BCUT2D eigenvalue weighted by Gasteiger charge is 2.52. The first-order valence-corrected chi connectivity index (χ1v) is 5.69. The Morgan fingerprint density at radius 2 is 2.31 bits per heavy atom. The first-order valence-electron chi connectivity index (χ1n) is 5.69. The fourth-order valence-electron chi connectivity index (χ4n) is 3.58. The van der Waals surface area contributed by atoms with E-state index in [4.69, 9.17) is 4.74 Å². The third-order valence-electron chi connectivity index (χ3n) is 4.24. The largest absolute Gasteiger partial charge is 0.492 e. The van der Waals surface area contributed by atoms with E-state index in [1.165, 1.54) is 44.3 Å². The fourth-order valence-corrected chi connectivity index (χ4v) is 3.58. The van der Waals surface area contributed by atoms with E-state index in [0.29, 0.717) is 0 Å². The number of fused-ring (bicyclic) bond motifs is 3. The monoisotopic (exact) mass is 178 g/mol. The van der Waals surface area contributed by atoms with Crippen LogP contribution in [0.3, 0.4) is 0 Å². The average molecular weight is 178 g/mol. The summed E-state index contributed by atoms with van der Waals surface area (Å²) >= 11 is 0. The molecule has 0 aromatic rings. The van der Waals surface area contributed by atoms with Gasteiger partial charge in [0.25, 0.3) is 0 Å². The van der Waals surface area contributed by atoms with Gasteiger partial charge in [-0.15, -0.1) is 0 Å². The standard InChI is InChI=1S/C12H18O/c1-12-8-4-6-10(12)9-5-2-3-7-11(9)13-12/h7,9-10H,2-6,8H2,1H3. The van der Waals surface area contributed by atoms with Gasteiger partial charge in [0.2, 0.25) is 0 Å². The number of rotatable bonds is 0.